The predicted molar refractivity (Wildman–Crippen MR) is 91.9 cm³/mol. The summed E-state index contributed by atoms with van der Waals surface area (Å²) in [4.78, 5) is 11.7. The maximum atomic E-state index is 11.7. The molecule has 128 valence electrons. The van der Waals surface area contributed by atoms with Crippen LogP contribution in [-0.4, -0.2) is 12.1 Å². The zero-order valence-electron chi connectivity index (χ0n) is 15.1. The third-order valence-corrected chi connectivity index (χ3v) is 8.22. The van der Waals surface area contributed by atoms with Crippen molar-refractivity contribution in [1.82, 2.24) is 0 Å². The lowest BCUT2D eigenvalue weighted by Crippen LogP contribution is -2.54. The van der Waals surface area contributed by atoms with Crippen molar-refractivity contribution in [1.29, 1.82) is 0 Å². The zero-order chi connectivity index (χ0) is 16.2. The largest absolute Gasteiger partial charge is 0.462 e. The Labute approximate surface area is 141 Å². The van der Waals surface area contributed by atoms with Gasteiger partial charge in [-0.05, 0) is 74.5 Å². The quantitative estimate of drug-likeness (QED) is 0.486. The first-order chi connectivity index (χ1) is 10.9. The van der Waals surface area contributed by atoms with Gasteiger partial charge in [-0.25, -0.2) is 0 Å². The van der Waals surface area contributed by atoms with Crippen LogP contribution in [0.1, 0.15) is 78.6 Å². The summed E-state index contributed by atoms with van der Waals surface area (Å²) in [6, 6.07) is 0. The molecule has 6 atom stereocenters. The molecule has 4 rings (SSSR count). The van der Waals surface area contributed by atoms with Gasteiger partial charge in [0.05, 0.1) is 0 Å². The normalized spacial score (nSPS) is 48.7. The number of fused-ring (bicyclic) bond motifs is 5. The van der Waals surface area contributed by atoms with Crippen molar-refractivity contribution >= 4 is 5.97 Å². The fraction of sp³-hybridized carbons (Fsp3) is 0.857. The first-order valence-corrected chi connectivity index (χ1v) is 9.82. The van der Waals surface area contributed by atoms with Gasteiger partial charge in [0.2, 0.25) is 0 Å². The minimum Gasteiger partial charge on any atom is -0.462 e. The summed E-state index contributed by atoms with van der Waals surface area (Å²) >= 11 is 0. The van der Waals surface area contributed by atoms with E-state index in [1.165, 1.54) is 44.9 Å². The number of hydrogen-bond acceptors (Lipinski definition) is 2. The van der Waals surface area contributed by atoms with Crippen LogP contribution in [-0.2, 0) is 9.53 Å². The van der Waals surface area contributed by atoms with Gasteiger partial charge in [0.1, 0.15) is 6.10 Å². The molecule has 23 heavy (non-hydrogen) atoms. The van der Waals surface area contributed by atoms with E-state index in [0.29, 0.717) is 5.41 Å². The van der Waals surface area contributed by atoms with E-state index in [2.05, 4.69) is 19.9 Å². The summed E-state index contributed by atoms with van der Waals surface area (Å²) in [5.41, 5.74) is 2.32. The van der Waals surface area contributed by atoms with Crippen molar-refractivity contribution < 1.29 is 9.53 Å². The average molecular weight is 316 g/mol. The molecule has 3 fully saturated rings. The topological polar surface area (TPSA) is 26.3 Å². The number of hydrogen-bond donors (Lipinski definition) is 0. The number of ether oxygens (including phenoxy) is 1. The molecule has 1 unspecified atom stereocenters. The Morgan fingerprint density at radius 1 is 1.13 bits per heavy atom. The van der Waals surface area contributed by atoms with Crippen LogP contribution in [0.3, 0.4) is 0 Å². The van der Waals surface area contributed by atoms with Crippen LogP contribution >= 0.6 is 0 Å². The summed E-state index contributed by atoms with van der Waals surface area (Å²) < 4.78 is 5.87. The van der Waals surface area contributed by atoms with Gasteiger partial charge in [0.15, 0.2) is 0 Å². The molecule has 4 aliphatic rings. The fourth-order valence-electron chi connectivity index (χ4n) is 7.12. The molecule has 2 heteroatoms. The van der Waals surface area contributed by atoms with E-state index in [1.807, 2.05) is 0 Å². The molecule has 0 saturated heterocycles. The molecule has 0 heterocycles. The van der Waals surface area contributed by atoms with Crippen molar-refractivity contribution in [3.05, 3.63) is 11.6 Å². The smallest absolute Gasteiger partial charge is 0.302 e. The van der Waals surface area contributed by atoms with E-state index in [9.17, 15) is 4.79 Å². The van der Waals surface area contributed by atoms with E-state index in [4.69, 9.17) is 4.74 Å². The summed E-state index contributed by atoms with van der Waals surface area (Å²) in [5.74, 6) is 2.40. The van der Waals surface area contributed by atoms with E-state index in [0.717, 1.165) is 30.6 Å². The van der Waals surface area contributed by atoms with Gasteiger partial charge in [-0.1, -0.05) is 31.9 Å². The molecule has 3 saturated carbocycles. The van der Waals surface area contributed by atoms with Gasteiger partial charge in [-0.15, -0.1) is 0 Å². The minimum atomic E-state index is -0.0962. The van der Waals surface area contributed by atoms with Crippen LogP contribution in [0.5, 0.6) is 0 Å². The lowest BCUT2D eigenvalue weighted by Gasteiger charge is -2.59. The number of allylic oxidation sites excluding steroid dienone is 1. The lowest BCUT2D eigenvalue weighted by molar-refractivity contribution is -0.161. The van der Waals surface area contributed by atoms with Crippen LogP contribution in [0.25, 0.3) is 0 Å². The van der Waals surface area contributed by atoms with E-state index < -0.39 is 0 Å². The van der Waals surface area contributed by atoms with Gasteiger partial charge in [0.25, 0.3) is 0 Å². The van der Waals surface area contributed by atoms with Gasteiger partial charge < -0.3 is 4.74 Å². The Kier molecular flexibility index (Phi) is 3.66. The van der Waals surface area contributed by atoms with Crippen LogP contribution < -0.4 is 0 Å². The van der Waals surface area contributed by atoms with E-state index in [-0.39, 0.29) is 17.5 Å². The average Bonchev–Trinajstić information content (AvgIpc) is 2.89. The van der Waals surface area contributed by atoms with Crippen molar-refractivity contribution in [2.75, 3.05) is 0 Å². The van der Waals surface area contributed by atoms with Crippen molar-refractivity contribution in [2.24, 2.45) is 28.6 Å². The van der Waals surface area contributed by atoms with Crippen molar-refractivity contribution in [2.45, 2.75) is 84.7 Å². The summed E-state index contributed by atoms with van der Waals surface area (Å²) in [6.45, 7) is 6.57. The standard InChI is InChI=1S/C21H32O2/c1-14(22)23-19-8-4-6-15-9-10-16-17-7-5-12-20(17,2)13-11-18(16)21(15,19)3/h6,16-19H,4-5,7-13H2,1-3H3/t16-,17-,18-,19?,20-,21-/m0/s1. The van der Waals surface area contributed by atoms with Gasteiger partial charge in [-0.2, -0.15) is 0 Å². The molecule has 0 spiro atoms. The highest BCUT2D eigenvalue weighted by Gasteiger charge is 2.58. The molecule has 0 aromatic rings. The molecular formula is C21H32O2. The summed E-state index contributed by atoms with van der Waals surface area (Å²) in [6.07, 6.45) is 14.3. The molecule has 0 amide bonds. The second-order valence-electron chi connectivity index (χ2n) is 9.19. The predicted octanol–water partition coefficient (Wildman–Crippen LogP) is 5.27. The second kappa shape index (κ2) is 5.36. The molecule has 0 aromatic carbocycles. The number of esters is 1. The minimum absolute atomic E-state index is 0.0962. The molecule has 0 bridgehead atoms. The third kappa shape index (κ3) is 2.23. The second-order valence-corrected chi connectivity index (χ2v) is 9.19. The maximum absolute atomic E-state index is 11.7. The Hall–Kier alpha value is -0.790. The molecule has 0 aromatic heterocycles. The molecule has 0 N–H and O–H groups in total. The Bertz CT molecular complexity index is 536. The fourth-order valence-corrected chi connectivity index (χ4v) is 7.12. The lowest BCUT2D eigenvalue weighted by atomic mass is 9.47. The first kappa shape index (κ1) is 15.7. The van der Waals surface area contributed by atoms with Crippen molar-refractivity contribution in [3.63, 3.8) is 0 Å². The summed E-state index contributed by atoms with van der Waals surface area (Å²) in [5, 5.41) is 0. The first-order valence-electron chi connectivity index (χ1n) is 9.82. The Balaban J connectivity index is 1.69. The van der Waals surface area contributed by atoms with Crippen LogP contribution in [0, 0.1) is 28.6 Å². The van der Waals surface area contributed by atoms with E-state index >= 15 is 0 Å². The molecule has 4 aliphatic carbocycles. The molecule has 0 radical (unpaired) electrons. The Morgan fingerprint density at radius 3 is 2.74 bits per heavy atom. The van der Waals surface area contributed by atoms with Crippen molar-refractivity contribution in [3.8, 4) is 0 Å². The number of rotatable bonds is 1. The Morgan fingerprint density at radius 2 is 1.96 bits per heavy atom. The van der Waals surface area contributed by atoms with Crippen LogP contribution in [0.4, 0.5) is 0 Å². The van der Waals surface area contributed by atoms with Crippen LogP contribution in [0.2, 0.25) is 0 Å². The SMILES string of the molecule is CC(=O)OC1CCC=C2CC[C@H]3[C@@H]4CCC[C@@]4(C)CC[C@@H]3[C@]21C. The van der Waals surface area contributed by atoms with Gasteiger partial charge >= 0.3 is 5.97 Å². The number of carbonyl (C=O) groups is 1. The maximum Gasteiger partial charge on any atom is 0.302 e. The highest BCUT2D eigenvalue weighted by Crippen LogP contribution is 2.65. The van der Waals surface area contributed by atoms with E-state index in [1.54, 1.807) is 12.5 Å². The zero-order valence-corrected chi connectivity index (χ0v) is 15.1. The van der Waals surface area contributed by atoms with Gasteiger partial charge in [-0.3, -0.25) is 4.79 Å². The molecular weight excluding hydrogens is 284 g/mol. The highest BCUT2D eigenvalue weighted by atomic mass is 16.5. The summed E-state index contributed by atoms with van der Waals surface area (Å²) in [7, 11) is 0. The third-order valence-electron chi connectivity index (χ3n) is 8.22. The van der Waals surface area contributed by atoms with Crippen LogP contribution in [0.15, 0.2) is 11.6 Å². The van der Waals surface area contributed by atoms with Gasteiger partial charge in [0, 0.05) is 12.3 Å². The highest BCUT2D eigenvalue weighted by molar-refractivity contribution is 5.66. The number of carbonyl (C=O) groups excluding carboxylic acids is 1. The monoisotopic (exact) mass is 316 g/mol. The molecule has 2 nitrogen and oxygen atoms in total. The molecule has 0 aliphatic heterocycles.